The molecule has 0 unspecified atom stereocenters. The van der Waals surface area contributed by atoms with E-state index in [0.29, 0.717) is 5.69 Å². The third-order valence-electron chi connectivity index (χ3n) is 2.98. The molecule has 0 saturated heterocycles. The Hall–Kier alpha value is -2.28. The number of benzene rings is 1. The fourth-order valence-corrected chi connectivity index (χ4v) is 2.14. The van der Waals surface area contributed by atoms with Gasteiger partial charge in [-0.15, -0.1) is 0 Å². The number of ether oxygens (including phenoxy) is 1. The maximum atomic E-state index is 8.83. The van der Waals surface area contributed by atoms with Crippen LogP contribution in [0, 0.1) is 11.3 Å². The van der Waals surface area contributed by atoms with E-state index in [-0.39, 0.29) is 0 Å². The molecule has 84 valence electrons. The van der Waals surface area contributed by atoms with Crippen LogP contribution in [0.3, 0.4) is 0 Å². The monoisotopic (exact) mass is 225 g/mol. The molecule has 17 heavy (non-hydrogen) atoms. The van der Waals surface area contributed by atoms with E-state index in [1.807, 2.05) is 19.2 Å². The average molecular weight is 225 g/mol. The molecular weight excluding hydrogens is 214 g/mol. The van der Waals surface area contributed by atoms with E-state index in [0.717, 1.165) is 30.0 Å². The van der Waals surface area contributed by atoms with E-state index < -0.39 is 0 Å². The van der Waals surface area contributed by atoms with Crippen molar-refractivity contribution in [3.63, 3.8) is 0 Å². The van der Waals surface area contributed by atoms with Gasteiger partial charge in [0.15, 0.2) is 5.69 Å². The maximum absolute atomic E-state index is 8.83. The molecule has 0 radical (unpaired) electrons. The van der Waals surface area contributed by atoms with Gasteiger partial charge < -0.3 is 4.74 Å². The molecule has 1 aromatic carbocycles. The van der Waals surface area contributed by atoms with Gasteiger partial charge in [0.1, 0.15) is 11.8 Å². The first-order valence-electron chi connectivity index (χ1n) is 5.48. The van der Waals surface area contributed by atoms with Gasteiger partial charge >= 0.3 is 0 Å². The van der Waals surface area contributed by atoms with Crippen molar-refractivity contribution in [3.05, 3.63) is 35.5 Å². The number of fused-ring (bicyclic) bond motifs is 1. The Kier molecular flexibility index (Phi) is 2.12. The van der Waals surface area contributed by atoms with E-state index in [9.17, 15) is 0 Å². The highest BCUT2D eigenvalue weighted by atomic mass is 16.5. The lowest BCUT2D eigenvalue weighted by Gasteiger charge is -2.04. The Morgan fingerprint density at radius 1 is 1.41 bits per heavy atom. The average Bonchev–Trinajstić information content (AvgIpc) is 2.93. The molecule has 4 heteroatoms. The Morgan fingerprint density at radius 2 is 2.29 bits per heavy atom. The molecule has 1 aliphatic heterocycles. The highest BCUT2D eigenvalue weighted by molar-refractivity contribution is 5.64. The zero-order valence-corrected chi connectivity index (χ0v) is 9.47. The standard InChI is InChI=1S/C13H11N3O/c1-16-12(7-11(8-14)15-16)9-2-3-13-10(6-9)4-5-17-13/h2-3,6-7H,4-5H2,1H3. The molecular formula is C13H11N3O. The molecule has 0 N–H and O–H groups in total. The van der Waals surface area contributed by atoms with E-state index in [2.05, 4.69) is 17.2 Å². The van der Waals surface area contributed by atoms with Crippen molar-refractivity contribution < 1.29 is 4.74 Å². The second-order valence-corrected chi connectivity index (χ2v) is 4.07. The molecule has 2 heterocycles. The van der Waals surface area contributed by atoms with E-state index in [4.69, 9.17) is 10.00 Å². The van der Waals surface area contributed by atoms with E-state index in [1.54, 1.807) is 10.7 Å². The van der Waals surface area contributed by atoms with Crippen molar-refractivity contribution in [1.82, 2.24) is 9.78 Å². The number of rotatable bonds is 1. The maximum Gasteiger partial charge on any atom is 0.163 e. The topological polar surface area (TPSA) is 50.8 Å². The van der Waals surface area contributed by atoms with Gasteiger partial charge in [-0.25, -0.2) is 0 Å². The van der Waals surface area contributed by atoms with Crippen LogP contribution < -0.4 is 4.74 Å². The molecule has 1 aliphatic rings. The van der Waals surface area contributed by atoms with Crippen LogP contribution >= 0.6 is 0 Å². The van der Waals surface area contributed by atoms with Crippen molar-refractivity contribution >= 4 is 0 Å². The van der Waals surface area contributed by atoms with E-state index >= 15 is 0 Å². The minimum absolute atomic E-state index is 0.444. The second kappa shape index (κ2) is 3.63. The fourth-order valence-electron chi connectivity index (χ4n) is 2.14. The van der Waals surface area contributed by atoms with Crippen LogP contribution in [0.2, 0.25) is 0 Å². The number of aryl methyl sites for hydroxylation is 1. The van der Waals surface area contributed by atoms with Gasteiger partial charge in [-0.2, -0.15) is 10.4 Å². The fraction of sp³-hybridized carbons (Fsp3) is 0.231. The summed E-state index contributed by atoms with van der Waals surface area (Å²) < 4.78 is 7.20. The predicted molar refractivity (Wildman–Crippen MR) is 62.6 cm³/mol. The normalized spacial score (nSPS) is 12.9. The van der Waals surface area contributed by atoms with Gasteiger partial charge in [0.05, 0.1) is 12.3 Å². The third-order valence-corrected chi connectivity index (χ3v) is 2.98. The summed E-state index contributed by atoms with van der Waals surface area (Å²) in [5, 5.41) is 13.0. The quantitative estimate of drug-likeness (QED) is 0.744. The lowest BCUT2D eigenvalue weighted by atomic mass is 10.1. The molecule has 0 spiro atoms. The second-order valence-electron chi connectivity index (χ2n) is 4.07. The zero-order valence-electron chi connectivity index (χ0n) is 9.47. The minimum atomic E-state index is 0.444. The number of nitriles is 1. The minimum Gasteiger partial charge on any atom is -0.493 e. The van der Waals surface area contributed by atoms with E-state index in [1.165, 1.54) is 5.56 Å². The van der Waals surface area contributed by atoms with Gasteiger partial charge in [-0.3, -0.25) is 4.68 Å². The predicted octanol–water partition coefficient (Wildman–Crippen LogP) is 1.89. The molecule has 4 nitrogen and oxygen atoms in total. The Labute approximate surface area is 99.1 Å². The first-order chi connectivity index (χ1) is 8.28. The lowest BCUT2D eigenvalue weighted by Crippen LogP contribution is -1.94. The van der Waals surface area contributed by atoms with Gasteiger partial charge in [0.2, 0.25) is 0 Å². The molecule has 1 aromatic heterocycles. The van der Waals surface area contributed by atoms with Crippen molar-refractivity contribution in [1.29, 1.82) is 5.26 Å². The molecule has 0 saturated carbocycles. The summed E-state index contributed by atoms with van der Waals surface area (Å²) in [6, 6.07) is 9.95. The molecule has 0 atom stereocenters. The lowest BCUT2D eigenvalue weighted by molar-refractivity contribution is 0.357. The Morgan fingerprint density at radius 3 is 3.06 bits per heavy atom. The summed E-state index contributed by atoms with van der Waals surface area (Å²) in [6.45, 7) is 0.758. The summed E-state index contributed by atoms with van der Waals surface area (Å²) in [5.74, 6) is 0.969. The number of hydrogen-bond acceptors (Lipinski definition) is 3. The van der Waals surface area contributed by atoms with Crippen molar-refractivity contribution in [3.8, 4) is 23.1 Å². The molecule has 2 aromatic rings. The Bertz CT molecular complexity index is 622. The van der Waals surface area contributed by atoms with Crippen LogP contribution in [-0.2, 0) is 13.5 Å². The molecule has 0 amide bonds. The first-order valence-corrected chi connectivity index (χ1v) is 5.48. The summed E-state index contributed by atoms with van der Waals surface area (Å²) in [5.41, 5.74) is 3.70. The van der Waals surface area contributed by atoms with Gasteiger partial charge in [0.25, 0.3) is 0 Å². The van der Waals surface area contributed by atoms with Crippen molar-refractivity contribution in [2.75, 3.05) is 6.61 Å². The van der Waals surface area contributed by atoms with Crippen LogP contribution in [0.5, 0.6) is 5.75 Å². The van der Waals surface area contributed by atoms with Gasteiger partial charge in [-0.05, 0) is 23.8 Å². The van der Waals surface area contributed by atoms with Gasteiger partial charge in [-0.1, -0.05) is 0 Å². The zero-order chi connectivity index (χ0) is 11.8. The summed E-state index contributed by atoms with van der Waals surface area (Å²) in [6.07, 6.45) is 0.951. The van der Waals surface area contributed by atoms with Crippen LogP contribution in [0.25, 0.3) is 11.3 Å². The summed E-state index contributed by atoms with van der Waals surface area (Å²) in [4.78, 5) is 0. The van der Waals surface area contributed by atoms with Crippen LogP contribution in [0.1, 0.15) is 11.3 Å². The summed E-state index contributed by atoms with van der Waals surface area (Å²) >= 11 is 0. The van der Waals surface area contributed by atoms with Crippen molar-refractivity contribution in [2.24, 2.45) is 7.05 Å². The third kappa shape index (κ3) is 1.56. The largest absolute Gasteiger partial charge is 0.493 e. The van der Waals surface area contributed by atoms with Gasteiger partial charge in [0, 0.05) is 25.1 Å². The SMILES string of the molecule is Cn1nc(C#N)cc1-c1ccc2c(c1)CCO2. The van der Waals surface area contributed by atoms with Crippen LogP contribution in [0.4, 0.5) is 0 Å². The smallest absolute Gasteiger partial charge is 0.163 e. The highest BCUT2D eigenvalue weighted by Crippen LogP contribution is 2.30. The molecule has 0 bridgehead atoms. The number of nitrogens with zero attached hydrogens (tertiary/aromatic N) is 3. The number of hydrogen-bond donors (Lipinski definition) is 0. The van der Waals surface area contributed by atoms with Crippen LogP contribution in [-0.4, -0.2) is 16.4 Å². The first kappa shape index (κ1) is 9.91. The Balaban J connectivity index is 2.09. The molecule has 0 aliphatic carbocycles. The highest BCUT2D eigenvalue weighted by Gasteiger charge is 2.14. The summed E-state index contributed by atoms with van der Waals surface area (Å²) in [7, 11) is 1.85. The molecule has 0 fully saturated rings. The van der Waals surface area contributed by atoms with Crippen LogP contribution in [0.15, 0.2) is 24.3 Å². The number of aromatic nitrogens is 2. The van der Waals surface area contributed by atoms with Crippen molar-refractivity contribution in [2.45, 2.75) is 6.42 Å². The molecule has 3 rings (SSSR count).